The minimum absolute atomic E-state index is 0.697. The maximum absolute atomic E-state index is 5.41. The fourth-order valence-corrected chi connectivity index (χ4v) is 8.64. The van der Waals surface area contributed by atoms with Crippen LogP contribution in [0.1, 0.15) is 0 Å². The van der Waals surface area contributed by atoms with Crippen LogP contribution < -0.4 is 0 Å². The van der Waals surface area contributed by atoms with Gasteiger partial charge in [-0.15, -0.1) is 11.3 Å². The summed E-state index contributed by atoms with van der Waals surface area (Å²) in [5.41, 5.74) is 11.8. The highest BCUT2D eigenvalue weighted by molar-refractivity contribution is 7.25. The van der Waals surface area contributed by atoms with Gasteiger partial charge < -0.3 is 0 Å². The van der Waals surface area contributed by atoms with Crippen LogP contribution in [-0.4, -0.2) is 9.97 Å². The van der Waals surface area contributed by atoms with Crippen molar-refractivity contribution in [2.24, 2.45) is 0 Å². The first-order valence-corrected chi connectivity index (χ1v) is 18.7. The highest BCUT2D eigenvalue weighted by Crippen LogP contribution is 2.42. The molecule has 3 heteroatoms. The largest absolute Gasteiger partial charge is 0.228 e. The number of nitrogens with zero attached hydrogens (tertiary/aromatic N) is 2. The van der Waals surface area contributed by atoms with Crippen molar-refractivity contribution in [2.75, 3.05) is 0 Å². The molecule has 53 heavy (non-hydrogen) atoms. The molecule has 0 amide bonds. The van der Waals surface area contributed by atoms with Crippen LogP contribution in [-0.2, 0) is 0 Å². The molecule has 0 atom stereocenters. The third-order valence-electron chi connectivity index (χ3n) is 10.1. The van der Waals surface area contributed by atoms with Gasteiger partial charge in [0.25, 0.3) is 0 Å². The lowest BCUT2D eigenvalue weighted by atomic mass is 9.92. The molecule has 0 spiro atoms. The van der Waals surface area contributed by atoms with Crippen LogP contribution in [0.4, 0.5) is 0 Å². The third kappa shape index (κ3) is 5.78. The Balaban J connectivity index is 1.24. The molecule has 10 rings (SSSR count). The number of hydrogen-bond acceptors (Lipinski definition) is 3. The predicted octanol–water partition coefficient (Wildman–Crippen LogP) is 14.0. The highest BCUT2D eigenvalue weighted by atomic mass is 32.1. The minimum Gasteiger partial charge on any atom is -0.228 e. The fraction of sp³-hybridized carbons (Fsp3) is 0. The molecule has 0 unspecified atom stereocenters. The Morgan fingerprint density at radius 1 is 0.321 bits per heavy atom. The standard InChI is InChI=1S/C50H32N2S/c1-3-14-33(15-4-1)38-29-39(42-23-13-25-48-49(42)44-22-11-12-24-47(44)53-48)31-40(30-38)46-32-45(37-27-26-34-16-7-8-19-36(34)28-37)51-50(52-46)43-21-10-9-20-41(43)35-17-5-2-6-18-35/h1-32H. The average molecular weight is 693 g/mol. The lowest BCUT2D eigenvalue weighted by Gasteiger charge is -2.15. The number of thiophene rings is 1. The van der Waals surface area contributed by atoms with Gasteiger partial charge in [-0.25, -0.2) is 9.97 Å². The van der Waals surface area contributed by atoms with E-state index in [9.17, 15) is 0 Å². The summed E-state index contributed by atoms with van der Waals surface area (Å²) in [7, 11) is 0. The van der Waals surface area contributed by atoms with Gasteiger partial charge in [-0.3, -0.25) is 0 Å². The van der Waals surface area contributed by atoms with Crippen LogP contribution in [0.2, 0.25) is 0 Å². The van der Waals surface area contributed by atoms with Crippen molar-refractivity contribution in [1.29, 1.82) is 0 Å². The predicted molar refractivity (Wildman–Crippen MR) is 225 cm³/mol. The van der Waals surface area contributed by atoms with E-state index in [1.165, 1.54) is 36.5 Å². The third-order valence-corrected chi connectivity index (χ3v) is 11.2. The molecule has 0 radical (unpaired) electrons. The van der Waals surface area contributed by atoms with Gasteiger partial charge in [-0.2, -0.15) is 0 Å². The SMILES string of the molecule is c1ccc(-c2cc(-c3cc(-c4ccc5ccccc5c4)nc(-c4ccccc4-c4ccccc4)n3)cc(-c3cccc4sc5ccccc5c34)c2)cc1. The summed E-state index contributed by atoms with van der Waals surface area (Å²) in [5, 5.41) is 4.97. The molecular weight excluding hydrogens is 661 g/mol. The molecule has 8 aromatic carbocycles. The first-order valence-electron chi connectivity index (χ1n) is 17.9. The molecule has 0 aliphatic carbocycles. The lowest BCUT2D eigenvalue weighted by Crippen LogP contribution is -1.98. The van der Waals surface area contributed by atoms with Crippen LogP contribution in [0.3, 0.4) is 0 Å². The summed E-state index contributed by atoms with van der Waals surface area (Å²) in [6.07, 6.45) is 0. The van der Waals surface area contributed by atoms with Crippen molar-refractivity contribution in [2.45, 2.75) is 0 Å². The summed E-state index contributed by atoms with van der Waals surface area (Å²) < 4.78 is 2.59. The molecule has 0 fully saturated rings. The Kier molecular flexibility index (Phi) is 7.71. The minimum atomic E-state index is 0.697. The Labute approximate surface area is 312 Å². The van der Waals surface area contributed by atoms with E-state index in [2.05, 4.69) is 194 Å². The Morgan fingerprint density at radius 2 is 0.925 bits per heavy atom. The molecular formula is C50H32N2S. The maximum atomic E-state index is 5.41. The number of aromatic nitrogens is 2. The van der Waals surface area contributed by atoms with Crippen LogP contribution in [0.15, 0.2) is 194 Å². The van der Waals surface area contributed by atoms with Crippen molar-refractivity contribution >= 4 is 42.3 Å². The molecule has 0 aliphatic rings. The molecule has 248 valence electrons. The second kappa shape index (κ2) is 13.1. The van der Waals surface area contributed by atoms with Crippen molar-refractivity contribution < 1.29 is 0 Å². The second-order valence-corrected chi connectivity index (χ2v) is 14.5. The molecule has 0 N–H and O–H groups in total. The van der Waals surface area contributed by atoms with E-state index >= 15 is 0 Å². The van der Waals surface area contributed by atoms with Gasteiger partial charge in [0.15, 0.2) is 5.82 Å². The summed E-state index contributed by atoms with van der Waals surface area (Å²) in [4.78, 5) is 10.7. The van der Waals surface area contributed by atoms with E-state index in [1.807, 2.05) is 11.3 Å². The number of fused-ring (bicyclic) bond motifs is 4. The molecule has 2 aromatic heterocycles. The van der Waals surface area contributed by atoms with Crippen LogP contribution in [0.25, 0.3) is 98.2 Å². The number of rotatable bonds is 6. The normalized spacial score (nSPS) is 11.4. The first-order chi connectivity index (χ1) is 26.2. The summed E-state index contributed by atoms with van der Waals surface area (Å²) >= 11 is 1.85. The molecule has 2 nitrogen and oxygen atoms in total. The van der Waals surface area contributed by atoms with Gasteiger partial charge in [0, 0.05) is 36.9 Å². The summed E-state index contributed by atoms with van der Waals surface area (Å²) in [5.74, 6) is 0.697. The average Bonchev–Trinajstić information content (AvgIpc) is 3.63. The van der Waals surface area contributed by atoms with Crippen molar-refractivity contribution in [3.8, 4) is 67.3 Å². The molecule has 2 heterocycles. The van der Waals surface area contributed by atoms with Crippen molar-refractivity contribution in [3.05, 3.63) is 194 Å². The van der Waals surface area contributed by atoms with Crippen molar-refractivity contribution in [3.63, 3.8) is 0 Å². The smallest absolute Gasteiger partial charge is 0.161 e. The summed E-state index contributed by atoms with van der Waals surface area (Å²) in [6.45, 7) is 0. The zero-order valence-corrected chi connectivity index (χ0v) is 29.6. The van der Waals surface area contributed by atoms with Gasteiger partial charge in [0.1, 0.15) is 0 Å². The zero-order chi connectivity index (χ0) is 35.1. The molecule has 0 saturated carbocycles. The lowest BCUT2D eigenvalue weighted by molar-refractivity contribution is 1.18. The van der Waals surface area contributed by atoms with Crippen LogP contribution in [0, 0.1) is 0 Å². The van der Waals surface area contributed by atoms with Crippen LogP contribution in [0.5, 0.6) is 0 Å². The molecule has 10 aromatic rings. The first kappa shape index (κ1) is 31.1. The van der Waals surface area contributed by atoms with Gasteiger partial charge in [-0.05, 0) is 86.6 Å². The van der Waals surface area contributed by atoms with E-state index in [-0.39, 0.29) is 0 Å². The molecule has 0 saturated heterocycles. The fourth-order valence-electron chi connectivity index (χ4n) is 7.50. The Hall–Kier alpha value is -6.68. The van der Waals surface area contributed by atoms with E-state index in [0.717, 1.165) is 55.9 Å². The van der Waals surface area contributed by atoms with Gasteiger partial charge in [0.2, 0.25) is 0 Å². The van der Waals surface area contributed by atoms with E-state index in [4.69, 9.17) is 9.97 Å². The van der Waals surface area contributed by atoms with Gasteiger partial charge in [-0.1, -0.05) is 152 Å². The van der Waals surface area contributed by atoms with Gasteiger partial charge >= 0.3 is 0 Å². The van der Waals surface area contributed by atoms with Gasteiger partial charge in [0.05, 0.1) is 11.4 Å². The van der Waals surface area contributed by atoms with E-state index < -0.39 is 0 Å². The Morgan fingerprint density at radius 3 is 1.75 bits per heavy atom. The second-order valence-electron chi connectivity index (χ2n) is 13.4. The number of hydrogen-bond donors (Lipinski definition) is 0. The van der Waals surface area contributed by atoms with Crippen LogP contribution >= 0.6 is 11.3 Å². The van der Waals surface area contributed by atoms with E-state index in [0.29, 0.717) is 5.82 Å². The highest BCUT2D eigenvalue weighted by Gasteiger charge is 2.18. The number of benzene rings is 8. The quantitative estimate of drug-likeness (QED) is 0.173. The monoisotopic (exact) mass is 692 g/mol. The van der Waals surface area contributed by atoms with E-state index in [1.54, 1.807) is 0 Å². The summed E-state index contributed by atoms with van der Waals surface area (Å²) in [6, 6.07) is 69.2. The maximum Gasteiger partial charge on any atom is 0.161 e. The molecule has 0 bridgehead atoms. The molecule has 0 aliphatic heterocycles. The van der Waals surface area contributed by atoms with Crippen molar-refractivity contribution in [1.82, 2.24) is 9.97 Å². The Bertz CT molecular complexity index is 2950. The topological polar surface area (TPSA) is 25.8 Å². The zero-order valence-electron chi connectivity index (χ0n) is 28.8.